The second-order valence-electron chi connectivity index (χ2n) is 6.64. The van der Waals surface area contributed by atoms with Gasteiger partial charge in [-0.2, -0.15) is 0 Å². The summed E-state index contributed by atoms with van der Waals surface area (Å²) in [6.45, 7) is 3.33. The Hall–Kier alpha value is -2.36. The van der Waals surface area contributed by atoms with E-state index in [1.54, 1.807) is 0 Å². The number of nitrogens with two attached hydrogens (primary N) is 2. The molecule has 0 unspecified atom stereocenters. The standard InChI is InChI=1S/C18H28N4O5.ClH/c1-11(2)8-14(17(25)27-10-21-18(20)26)22-16(24)15(23)13(19)9-12-6-4-3-5-7-12;/h3-7,11,13-15,23H,8-10,19H2,1-2H3,(H,22,24)(H3,20,21,26);1H/t13-,14+,15+;/m1./s1. The van der Waals surface area contributed by atoms with Crippen molar-refractivity contribution in [3.8, 4) is 0 Å². The van der Waals surface area contributed by atoms with Gasteiger partial charge in [0.1, 0.15) is 12.1 Å². The van der Waals surface area contributed by atoms with Crippen LogP contribution in [0.2, 0.25) is 0 Å². The van der Waals surface area contributed by atoms with Crippen LogP contribution >= 0.6 is 12.4 Å². The van der Waals surface area contributed by atoms with E-state index in [0.717, 1.165) is 5.56 Å². The number of halogens is 1. The van der Waals surface area contributed by atoms with Gasteiger partial charge in [-0.15, -0.1) is 12.4 Å². The van der Waals surface area contributed by atoms with Gasteiger partial charge < -0.3 is 31.9 Å². The van der Waals surface area contributed by atoms with Gasteiger partial charge in [-0.3, -0.25) is 4.79 Å². The summed E-state index contributed by atoms with van der Waals surface area (Å²) in [5.41, 5.74) is 11.7. The Labute approximate surface area is 170 Å². The van der Waals surface area contributed by atoms with E-state index in [1.807, 2.05) is 44.2 Å². The zero-order valence-corrected chi connectivity index (χ0v) is 16.8. The van der Waals surface area contributed by atoms with Crippen molar-refractivity contribution in [1.82, 2.24) is 10.6 Å². The highest BCUT2D eigenvalue weighted by atomic mass is 35.5. The Kier molecular flexibility index (Phi) is 11.8. The van der Waals surface area contributed by atoms with Crippen molar-refractivity contribution in [3.63, 3.8) is 0 Å². The fraction of sp³-hybridized carbons (Fsp3) is 0.500. The number of carbonyl (C=O) groups is 3. The molecule has 0 saturated heterocycles. The summed E-state index contributed by atoms with van der Waals surface area (Å²) in [4.78, 5) is 35.1. The van der Waals surface area contributed by atoms with E-state index >= 15 is 0 Å². The Morgan fingerprint density at radius 2 is 1.79 bits per heavy atom. The van der Waals surface area contributed by atoms with Crippen molar-refractivity contribution >= 4 is 30.3 Å². The van der Waals surface area contributed by atoms with E-state index in [2.05, 4.69) is 10.6 Å². The van der Waals surface area contributed by atoms with E-state index in [-0.39, 0.29) is 18.3 Å². The average molecular weight is 417 g/mol. The first-order chi connectivity index (χ1) is 12.7. The van der Waals surface area contributed by atoms with Crippen LogP contribution in [0.3, 0.4) is 0 Å². The third-order valence-corrected chi connectivity index (χ3v) is 3.76. The zero-order chi connectivity index (χ0) is 20.4. The lowest BCUT2D eigenvalue weighted by molar-refractivity contribution is -0.150. The predicted octanol–water partition coefficient (Wildman–Crippen LogP) is 0.0390. The van der Waals surface area contributed by atoms with Crippen LogP contribution in [0, 0.1) is 5.92 Å². The maximum absolute atomic E-state index is 12.3. The summed E-state index contributed by atoms with van der Waals surface area (Å²) in [6.07, 6.45) is -0.893. The molecule has 1 rings (SSSR count). The number of urea groups is 1. The van der Waals surface area contributed by atoms with Crippen LogP contribution < -0.4 is 22.1 Å². The SMILES string of the molecule is CC(C)C[C@H](NC(=O)[C@@H](O)[C@H](N)Cc1ccccc1)C(=O)OCNC(N)=O.Cl. The monoisotopic (exact) mass is 416 g/mol. The second-order valence-corrected chi connectivity index (χ2v) is 6.64. The number of nitrogens with one attached hydrogen (secondary N) is 2. The lowest BCUT2D eigenvalue weighted by Crippen LogP contribution is -2.52. The summed E-state index contributed by atoms with van der Waals surface area (Å²) in [7, 11) is 0. The Bertz CT molecular complexity index is 630. The summed E-state index contributed by atoms with van der Waals surface area (Å²) in [6, 6.07) is 6.56. The highest BCUT2D eigenvalue weighted by Gasteiger charge is 2.29. The van der Waals surface area contributed by atoms with Crippen LogP contribution in [0.15, 0.2) is 30.3 Å². The lowest BCUT2D eigenvalue weighted by atomic mass is 10.00. The van der Waals surface area contributed by atoms with Crippen LogP contribution in [0.1, 0.15) is 25.8 Å². The topological polar surface area (TPSA) is 157 Å². The number of benzene rings is 1. The number of primary amides is 1. The first-order valence-corrected chi connectivity index (χ1v) is 8.68. The average Bonchev–Trinajstić information content (AvgIpc) is 2.60. The Balaban J connectivity index is 0.00000729. The predicted molar refractivity (Wildman–Crippen MR) is 106 cm³/mol. The Morgan fingerprint density at radius 3 is 2.32 bits per heavy atom. The molecule has 0 aromatic heterocycles. The summed E-state index contributed by atoms with van der Waals surface area (Å²) >= 11 is 0. The zero-order valence-electron chi connectivity index (χ0n) is 16.0. The molecule has 0 heterocycles. The number of aliphatic hydroxyl groups is 1. The van der Waals surface area contributed by atoms with E-state index in [1.165, 1.54) is 0 Å². The molecule has 0 aliphatic rings. The molecule has 0 fully saturated rings. The normalized spacial score (nSPS) is 13.6. The third kappa shape index (κ3) is 9.54. The molecule has 0 bridgehead atoms. The fourth-order valence-electron chi connectivity index (χ4n) is 2.41. The largest absolute Gasteiger partial charge is 0.443 e. The molecular weight excluding hydrogens is 388 g/mol. The summed E-state index contributed by atoms with van der Waals surface area (Å²) < 4.78 is 4.87. The number of aliphatic hydroxyl groups excluding tert-OH is 1. The quantitative estimate of drug-likeness (QED) is 0.267. The number of rotatable bonds is 10. The summed E-state index contributed by atoms with van der Waals surface area (Å²) in [5.74, 6) is -1.43. The minimum absolute atomic E-state index is 0. The number of hydrogen-bond donors (Lipinski definition) is 5. The molecule has 28 heavy (non-hydrogen) atoms. The van der Waals surface area contributed by atoms with E-state index in [4.69, 9.17) is 16.2 Å². The molecule has 0 radical (unpaired) electrons. The third-order valence-electron chi connectivity index (χ3n) is 3.76. The van der Waals surface area contributed by atoms with Gasteiger partial charge in [-0.05, 0) is 24.3 Å². The molecule has 3 amide bonds. The molecular formula is C18H29ClN4O5. The van der Waals surface area contributed by atoms with Gasteiger partial charge >= 0.3 is 12.0 Å². The number of ether oxygens (including phenoxy) is 1. The van der Waals surface area contributed by atoms with Gasteiger partial charge in [0.2, 0.25) is 0 Å². The van der Waals surface area contributed by atoms with Crippen molar-refractivity contribution in [3.05, 3.63) is 35.9 Å². The van der Waals surface area contributed by atoms with E-state index in [9.17, 15) is 19.5 Å². The minimum atomic E-state index is -1.49. The van der Waals surface area contributed by atoms with Gasteiger partial charge in [0.15, 0.2) is 6.73 Å². The molecule has 7 N–H and O–H groups in total. The van der Waals surface area contributed by atoms with E-state index < -0.39 is 42.8 Å². The fourth-order valence-corrected chi connectivity index (χ4v) is 2.41. The van der Waals surface area contributed by atoms with Gasteiger partial charge in [-0.25, -0.2) is 9.59 Å². The van der Waals surface area contributed by atoms with Gasteiger partial charge in [0, 0.05) is 6.04 Å². The lowest BCUT2D eigenvalue weighted by Gasteiger charge is -2.23. The maximum Gasteiger partial charge on any atom is 0.330 e. The smallest absolute Gasteiger partial charge is 0.330 e. The number of hydrogen-bond acceptors (Lipinski definition) is 6. The van der Waals surface area contributed by atoms with Crippen molar-refractivity contribution in [1.29, 1.82) is 0 Å². The molecule has 1 aromatic carbocycles. The highest BCUT2D eigenvalue weighted by molar-refractivity contribution is 5.87. The first-order valence-electron chi connectivity index (χ1n) is 8.68. The summed E-state index contributed by atoms with van der Waals surface area (Å²) in [5, 5.41) is 14.8. The molecule has 1 aromatic rings. The molecule has 0 saturated carbocycles. The van der Waals surface area contributed by atoms with Gasteiger partial charge in [0.25, 0.3) is 5.91 Å². The molecule has 0 spiro atoms. The first kappa shape index (κ1) is 25.6. The van der Waals surface area contributed by atoms with E-state index in [0.29, 0.717) is 12.8 Å². The van der Waals surface area contributed by atoms with Crippen LogP contribution in [0.25, 0.3) is 0 Å². The van der Waals surface area contributed by atoms with Crippen LogP contribution in [-0.2, 0) is 20.7 Å². The molecule has 3 atom stereocenters. The molecule has 9 nitrogen and oxygen atoms in total. The van der Waals surface area contributed by atoms with Crippen molar-refractivity contribution in [2.24, 2.45) is 17.4 Å². The molecule has 0 aliphatic heterocycles. The van der Waals surface area contributed by atoms with Gasteiger partial charge in [-0.1, -0.05) is 44.2 Å². The van der Waals surface area contributed by atoms with Gasteiger partial charge in [0.05, 0.1) is 0 Å². The maximum atomic E-state index is 12.3. The highest BCUT2D eigenvalue weighted by Crippen LogP contribution is 2.09. The molecule has 10 heteroatoms. The van der Waals surface area contributed by atoms with Crippen LogP contribution in [0.4, 0.5) is 4.79 Å². The molecule has 0 aliphatic carbocycles. The van der Waals surface area contributed by atoms with Crippen molar-refractivity contribution < 1.29 is 24.2 Å². The number of esters is 1. The Morgan fingerprint density at radius 1 is 1.18 bits per heavy atom. The van der Waals surface area contributed by atoms with Crippen LogP contribution in [0.5, 0.6) is 0 Å². The molecule has 158 valence electrons. The minimum Gasteiger partial charge on any atom is -0.443 e. The van der Waals surface area contributed by atoms with Crippen molar-refractivity contribution in [2.75, 3.05) is 6.73 Å². The number of amides is 3. The number of carbonyl (C=O) groups excluding carboxylic acids is 3. The second kappa shape index (κ2) is 12.9. The van der Waals surface area contributed by atoms with Crippen LogP contribution in [-0.4, -0.2) is 47.9 Å². The van der Waals surface area contributed by atoms with Crippen molar-refractivity contribution in [2.45, 2.75) is 44.9 Å².